The van der Waals surface area contributed by atoms with Gasteiger partial charge in [0, 0.05) is 6.92 Å². The number of rotatable bonds is 5. The van der Waals surface area contributed by atoms with Gasteiger partial charge in [0.05, 0.1) is 5.41 Å². The van der Waals surface area contributed by atoms with Gasteiger partial charge in [-0.15, -0.1) is 0 Å². The van der Waals surface area contributed by atoms with Gasteiger partial charge in [-0.2, -0.15) is 0 Å². The van der Waals surface area contributed by atoms with Crippen LogP contribution in [0, 0.1) is 0 Å². The zero-order valence-corrected chi connectivity index (χ0v) is 16.6. The van der Waals surface area contributed by atoms with Gasteiger partial charge in [-0.05, 0) is 28.6 Å². The van der Waals surface area contributed by atoms with Crippen LogP contribution in [0.15, 0.2) is 115 Å². The van der Waals surface area contributed by atoms with Crippen molar-refractivity contribution in [3.63, 3.8) is 0 Å². The minimum Gasteiger partial charge on any atom is -0.395 e. The van der Waals surface area contributed by atoms with E-state index in [-0.39, 0.29) is 12.8 Å². The molecule has 1 aliphatic heterocycles. The van der Waals surface area contributed by atoms with Crippen LogP contribution in [-0.4, -0.2) is 12.8 Å². The molecule has 0 atom stereocenters. The molecular formula is C26H24BNO. The molecule has 0 aromatic heterocycles. The smallest absolute Gasteiger partial charge is 0.284 e. The number of benzene rings is 3. The lowest BCUT2D eigenvalue weighted by molar-refractivity contribution is -0.117. The van der Waals surface area contributed by atoms with E-state index in [2.05, 4.69) is 114 Å². The minimum absolute atomic E-state index is 0.00283. The van der Waals surface area contributed by atoms with E-state index in [0.717, 1.165) is 6.32 Å². The van der Waals surface area contributed by atoms with Crippen LogP contribution in [0.1, 0.15) is 23.6 Å². The van der Waals surface area contributed by atoms with Crippen LogP contribution < -0.4 is 5.23 Å². The predicted molar refractivity (Wildman–Crippen MR) is 121 cm³/mol. The summed E-state index contributed by atoms with van der Waals surface area (Å²) in [6.07, 6.45) is 5.23. The molecule has 4 rings (SSSR count). The summed E-state index contributed by atoms with van der Waals surface area (Å²) in [7, 11) is 0. The highest BCUT2D eigenvalue weighted by Crippen LogP contribution is 2.46. The topological polar surface area (TPSA) is 29.1 Å². The predicted octanol–water partition coefficient (Wildman–Crippen LogP) is 5.18. The Hall–Kier alpha value is -3.33. The van der Waals surface area contributed by atoms with Crippen molar-refractivity contribution in [2.45, 2.75) is 18.7 Å². The largest absolute Gasteiger partial charge is 0.395 e. The molecule has 0 radical (unpaired) electrons. The molecule has 1 aliphatic rings. The molecule has 3 aromatic carbocycles. The van der Waals surface area contributed by atoms with E-state index in [0.29, 0.717) is 0 Å². The molecule has 1 heterocycles. The van der Waals surface area contributed by atoms with Crippen LogP contribution in [-0.2, 0) is 10.2 Å². The fraction of sp³-hybridized carbons (Fsp3) is 0.115. The Kier molecular flexibility index (Phi) is 5.48. The molecule has 1 amide bonds. The van der Waals surface area contributed by atoms with Crippen LogP contribution in [0.5, 0.6) is 0 Å². The Balaban J connectivity index is 1.94. The van der Waals surface area contributed by atoms with E-state index in [1.807, 2.05) is 0 Å². The van der Waals surface area contributed by atoms with Crippen molar-refractivity contribution in [3.8, 4) is 0 Å². The SMILES string of the molecule is CC(=O)NB1C=CC(C(c2ccccc2)(c2ccccc2)c2ccccc2)=CC1. The maximum Gasteiger partial charge on any atom is 0.284 e. The summed E-state index contributed by atoms with van der Waals surface area (Å²) in [4.78, 5) is 11.5. The van der Waals surface area contributed by atoms with Crippen LogP contribution >= 0.6 is 0 Å². The van der Waals surface area contributed by atoms with Crippen LogP contribution in [0.2, 0.25) is 6.32 Å². The first-order chi connectivity index (χ1) is 14.2. The van der Waals surface area contributed by atoms with Crippen molar-refractivity contribution < 1.29 is 4.79 Å². The molecule has 29 heavy (non-hydrogen) atoms. The van der Waals surface area contributed by atoms with Crippen molar-refractivity contribution in [2.75, 3.05) is 0 Å². The number of allylic oxidation sites excluding steroid dienone is 3. The van der Waals surface area contributed by atoms with Gasteiger partial charge in [-0.25, -0.2) is 0 Å². The summed E-state index contributed by atoms with van der Waals surface area (Å²) in [5.41, 5.74) is 4.49. The van der Waals surface area contributed by atoms with Crippen molar-refractivity contribution in [1.29, 1.82) is 0 Å². The summed E-state index contributed by atoms with van der Waals surface area (Å²) in [6.45, 7) is 1.60. The van der Waals surface area contributed by atoms with Gasteiger partial charge in [-0.1, -0.05) is 109 Å². The first-order valence-corrected chi connectivity index (χ1v) is 10.0. The Morgan fingerprint density at radius 3 is 1.59 bits per heavy atom. The minimum atomic E-state index is -0.415. The third-order valence-electron chi connectivity index (χ3n) is 5.54. The molecule has 0 unspecified atom stereocenters. The van der Waals surface area contributed by atoms with E-state index < -0.39 is 5.41 Å². The number of hydrogen-bond donors (Lipinski definition) is 1. The lowest BCUT2D eigenvalue weighted by Crippen LogP contribution is -2.38. The number of carbonyl (C=O) groups excluding carboxylic acids is 1. The second-order valence-corrected chi connectivity index (χ2v) is 7.41. The van der Waals surface area contributed by atoms with Gasteiger partial charge in [0.2, 0.25) is 5.91 Å². The maximum atomic E-state index is 11.5. The monoisotopic (exact) mass is 377 g/mol. The van der Waals surface area contributed by atoms with E-state index >= 15 is 0 Å². The number of nitrogens with one attached hydrogen (secondary N) is 1. The average molecular weight is 377 g/mol. The third-order valence-corrected chi connectivity index (χ3v) is 5.54. The van der Waals surface area contributed by atoms with Gasteiger partial charge in [-0.3, -0.25) is 4.79 Å². The number of carbonyl (C=O) groups is 1. The summed E-state index contributed by atoms with van der Waals surface area (Å²) >= 11 is 0. The van der Waals surface area contributed by atoms with Crippen molar-refractivity contribution in [3.05, 3.63) is 131 Å². The molecule has 142 valence electrons. The highest BCUT2D eigenvalue weighted by atomic mass is 16.1. The Labute approximate surface area is 173 Å². The molecule has 0 fully saturated rings. The normalized spacial score (nSPS) is 13.7. The van der Waals surface area contributed by atoms with Gasteiger partial charge >= 0.3 is 0 Å². The van der Waals surface area contributed by atoms with Crippen LogP contribution in [0.25, 0.3) is 0 Å². The standard InChI is InChI=1S/C26H24BNO/c1-21(29)28-27-19-17-25(18-20-27)26(22-11-5-2-6-12-22,23-13-7-3-8-14-23)24-15-9-4-10-16-24/h2-19H,20H2,1H3,(H,28,29). The lowest BCUT2D eigenvalue weighted by atomic mass is 9.53. The quantitative estimate of drug-likeness (QED) is 0.482. The maximum absolute atomic E-state index is 11.5. The zero-order chi connectivity index (χ0) is 20.1. The van der Waals surface area contributed by atoms with Crippen molar-refractivity contribution in [2.24, 2.45) is 0 Å². The molecule has 0 saturated carbocycles. The van der Waals surface area contributed by atoms with Crippen molar-refractivity contribution >= 4 is 12.8 Å². The Morgan fingerprint density at radius 2 is 1.24 bits per heavy atom. The highest BCUT2D eigenvalue weighted by molar-refractivity contribution is 6.65. The molecule has 2 nitrogen and oxygen atoms in total. The van der Waals surface area contributed by atoms with Gasteiger partial charge in [0.1, 0.15) is 0 Å². The van der Waals surface area contributed by atoms with E-state index in [1.54, 1.807) is 6.92 Å². The summed E-state index contributed by atoms with van der Waals surface area (Å²) in [5.74, 6) is 2.11. The fourth-order valence-electron chi connectivity index (χ4n) is 4.33. The lowest BCUT2D eigenvalue weighted by Gasteiger charge is -2.38. The van der Waals surface area contributed by atoms with E-state index in [9.17, 15) is 4.79 Å². The second kappa shape index (κ2) is 8.36. The van der Waals surface area contributed by atoms with Gasteiger partial charge in [0.15, 0.2) is 0 Å². The zero-order valence-electron chi connectivity index (χ0n) is 16.6. The molecule has 1 N–H and O–H groups in total. The molecule has 0 spiro atoms. The highest BCUT2D eigenvalue weighted by Gasteiger charge is 2.39. The first kappa shape index (κ1) is 19.0. The molecule has 3 aromatic rings. The summed E-state index contributed by atoms with van der Waals surface area (Å²) < 4.78 is 0. The molecule has 0 aliphatic carbocycles. The number of amides is 1. The van der Waals surface area contributed by atoms with Crippen LogP contribution in [0.4, 0.5) is 0 Å². The van der Waals surface area contributed by atoms with Gasteiger partial charge in [0.25, 0.3) is 6.85 Å². The van der Waals surface area contributed by atoms with E-state index in [1.165, 1.54) is 22.3 Å². The van der Waals surface area contributed by atoms with Crippen LogP contribution in [0.3, 0.4) is 0 Å². The Bertz CT molecular complexity index is 929. The Morgan fingerprint density at radius 1 is 0.793 bits per heavy atom. The molecule has 3 heteroatoms. The van der Waals surface area contributed by atoms with Crippen molar-refractivity contribution in [1.82, 2.24) is 5.23 Å². The summed E-state index contributed by atoms with van der Waals surface area (Å²) in [6, 6.07) is 32.0. The molecule has 0 bridgehead atoms. The average Bonchev–Trinajstić information content (AvgIpc) is 2.77. The molecular weight excluding hydrogens is 353 g/mol. The first-order valence-electron chi connectivity index (χ1n) is 10.0. The summed E-state index contributed by atoms with van der Waals surface area (Å²) in [5, 5.41) is 3.00. The third kappa shape index (κ3) is 3.69. The fourth-order valence-corrected chi connectivity index (χ4v) is 4.33. The second-order valence-electron chi connectivity index (χ2n) is 7.41. The molecule has 0 saturated heterocycles. The van der Waals surface area contributed by atoms with E-state index in [4.69, 9.17) is 0 Å². The number of hydrogen-bond acceptors (Lipinski definition) is 1. The van der Waals surface area contributed by atoms with Gasteiger partial charge < -0.3 is 5.23 Å².